The fourth-order valence-corrected chi connectivity index (χ4v) is 1.87. The van der Waals surface area contributed by atoms with Gasteiger partial charge in [0.25, 0.3) is 0 Å². The van der Waals surface area contributed by atoms with E-state index in [1.165, 1.54) is 12.1 Å². The van der Waals surface area contributed by atoms with Crippen LogP contribution in [0.3, 0.4) is 0 Å². The molecule has 0 fully saturated rings. The molecule has 0 saturated heterocycles. The fraction of sp³-hybridized carbons (Fsp3) is 0.200. The molecule has 0 unspecified atom stereocenters. The van der Waals surface area contributed by atoms with Gasteiger partial charge in [0.05, 0.1) is 5.02 Å². The maximum absolute atomic E-state index is 13.3. The van der Waals surface area contributed by atoms with Crippen molar-refractivity contribution in [3.8, 4) is 5.75 Å². The lowest BCUT2D eigenvalue weighted by Gasteiger charge is -2.08. The number of nitrogens with two attached hydrogens (primary N) is 1. The number of ether oxygens (including phenoxy) is 1. The van der Waals surface area contributed by atoms with Crippen molar-refractivity contribution in [2.45, 2.75) is 13.0 Å². The maximum Gasteiger partial charge on any atom is 0.142 e. The summed E-state index contributed by atoms with van der Waals surface area (Å²) in [5.74, 6) is 0.320. The highest BCUT2D eigenvalue weighted by molar-refractivity contribution is 6.30. The predicted octanol–water partition coefficient (Wildman–Crippen LogP) is 3.56. The van der Waals surface area contributed by atoms with Crippen molar-refractivity contribution in [2.75, 3.05) is 6.54 Å². The van der Waals surface area contributed by atoms with Gasteiger partial charge in [-0.05, 0) is 48.4 Å². The molecule has 2 aromatic carbocycles. The van der Waals surface area contributed by atoms with E-state index in [4.69, 9.17) is 22.1 Å². The highest BCUT2D eigenvalue weighted by Crippen LogP contribution is 2.18. The first-order valence-electron chi connectivity index (χ1n) is 6.05. The van der Waals surface area contributed by atoms with Crippen LogP contribution < -0.4 is 10.5 Å². The van der Waals surface area contributed by atoms with Crippen molar-refractivity contribution in [1.82, 2.24) is 0 Å². The van der Waals surface area contributed by atoms with Crippen LogP contribution in [-0.2, 0) is 13.0 Å². The van der Waals surface area contributed by atoms with Crippen LogP contribution in [0.4, 0.5) is 4.39 Å². The average Bonchev–Trinajstić information content (AvgIpc) is 2.41. The Bertz CT molecular complexity index is 560. The van der Waals surface area contributed by atoms with E-state index in [2.05, 4.69) is 0 Å². The molecule has 0 heterocycles. The van der Waals surface area contributed by atoms with E-state index < -0.39 is 5.82 Å². The third kappa shape index (κ3) is 3.94. The maximum atomic E-state index is 13.3. The van der Waals surface area contributed by atoms with E-state index in [1.54, 1.807) is 6.07 Å². The smallest absolute Gasteiger partial charge is 0.142 e. The van der Waals surface area contributed by atoms with Crippen molar-refractivity contribution < 1.29 is 9.13 Å². The van der Waals surface area contributed by atoms with Gasteiger partial charge in [0.1, 0.15) is 18.2 Å². The summed E-state index contributed by atoms with van der Waals surface area (Å²) in [4.78, 5) is 0. The van der Waals surface area contributed by atoms with Crippen LogP contribution in [0.25, 0.3) is 0 Å². The lowest BCUT2D eigenvalue weighted by Crippen LogP contribution is -2.03. The van der Waals surface area contributed by atoms with Crippen LogP contribution in [0.15, 0.2) is 42.5 Å². The monoisotopic (exact) mass is 279 g/mol. The van der Waals surface area contributed by atoms with Crippen molar-refractivity contribution in [3.63, 3.8) is 0 Å². The van der Waals surface area contributed by atoms with Gasteiger partial charge in [-0.1, -0.05) is 29.8 Å². The van der Waals surface area contributed by atoms with Gasteiger partial charge in [0, 0.05) is 0 Å². The molecule has 4 heteroatoms. The Morgan fingerprint density at radius 1 is 1.11 bits per heavy atom. The summed E-state index contributed by atoms with van der Waals surface area (Å²) in [6.45, 7) is 0.909. The SMILES string of the molecule is NCCc1cccc(OCc2ccc(Cl)c(F)c2)c1. The molecule has 0 aliphatic carbocycles. The van der Waals surface area contributed by atoms with Gasteiger partial charge in [0.2, 0.25) is 0 Å². The third-order valence-corrected chi connectivity index (χ3v) is 3.03. The third-order valence-electron chi connectivity index (χ3n) is 2.72. The van der Waals surface area contributed by atoms with E-state index in [-0.39, 0.29) is 5.02 Å². The fourth-order valence-electron chi connectivity index (χ4n) is 1.75. The highest BCUT2D eigenvalue weighted by atomic mass is 35.5. The molecular formula is C15H15ClFNO. The minimum atomic E-state index is -0.431. The van der Waals surface area contributed by atoms with E-state index in [0.717, 1.165) is 23.3 Å². The molecule has 2 rings (SSSR count). The summed E-state index contributed by atoms with van der Waals surface area (Å²) < 4.78 is 18.9. The molecule has 0 radical (unpaired) electrons. The summed E-state index contributed by atoms with van der Waals surface area (Å²) in [6.07, 6.45) is 0.812. The Kier molecular flexibility index (Phi) is 4.77. The Morgan fingerprint density at radius 2 is 1.95 bits per heavy atom. The molecule has 0 aliphatic rings. The van der Waals surface area contributed by atoms with E-state index in [9.17, 15) is 4.39 Å². The summed E-state index contributed by atoms with van der Waals surface area (Å²) >= 11 is 5.63. The Hall–Kier alpha value is -1.58. The quantitative estimate of drug-likeness (QED) is 0.908. The average molecular weight is 280 g/mol. The van der Waals surface area contributed by atoms with Crippen LogP contribution in [0.1, 0.15) is 11.1 Å². The van der Waals surface area contributed by atoms with Crippen LogP contribution in [0, 0.1) is 5.82 Å². The Morgan fingerprint density at radius 3 is 2.68 bits per heavy atom. The molecule has 2 nitrogen and oxygen atoms in total. The largest absolute Gasteiger partial charge is 0.489 e. The summed E-state index contributed by atoms with van der Waals surface area (Å²) in [5, 5.41) is 0.119. The van der Waals surface area contributed by atoms with E-state index in [1.807, 2.05) is 24.3 Å². The second-order valence-corrected chi connectivity index (χ2v) is 4.63. The zero-order valence-corrected chi connectivity index (χ0v) is 11.2. The van der Waals surface area contributed by atoms with Crippen LogP contribution in [0.5, 0.6) is 5.75 Å². The summed E-state index contributed by atoms with van der Waals surface area (Å²) in [7, 11) is 0. The molecule has 0 saturated carbocycles. The van der Waals surface area contributed by atoms with Crippen molar-refractivity contribution >= 4 is 11.6 Å². The van der Waals surface area contributed by atoms with Crippen LogP contribution in [0.2, 0.25) is 5.02 Å². The van der Waals surface area contributed by atoms with Gasteiger partial charge in [0.15, 0.2) is 0 Å². The molecule has 0 bridgehead atoms. The first-order chi connectivity index (χ1) is 9.19. The van der Waals surface area contributed by atoms with Gasteiger partial charge in [-0.15, -0.1) is 0 Å². The van der Waals surface area contributed by atoms with Crippen molar-refractivity contribution in [3.05, 3.63) is 64.4 Å². The molecule has 19 heavy (non-hydrogen) atoms. The van der Waals surface area contributed by atoms with E-state index >= 15 is 0 Å². The number of rotatable bonds is 5. The predicted molar refractivity (Wildman–Crippen MR) is 74.9 cm³/mol. The molecule has 0 aliphatic heterocycles. The van der Waals surface area contributed by atoms with Crippen LogP contribution in [-0.4, -0.2) is 6.54 Å². The van der Waals surface area contributed by atoms with Gasteiger partial charge in [-0.2, -0.15) is 0 Å². The van der Waals surface area contributed by atoms with E-state index in [0.29, 0.717) is 13.2 Å². The lowest BCUT2D eigenvalue weighted by molar-refractivity contribution is 0.305. The first kappa shape index (κ1) is 13.8. The number of halogens is 2. The second-order valence-electron chi connectivity index (χ2n) is 4.22. The zero-order chi connectivity index (χ0) is 13.7. The highest BCUT2D eigenvalue weighted by Gasteiger charge is 2.02. The molecule has 100 valence electrons. The second kappa shape index (κ2) is 6.55. The van der Waals surface area contributed by atoms with Gasteiger partial charge < -0.3 is 10.5 Å². The standard InChI is InChI=1S/C15H15ClFNO/c16-14-5-4-12(9-15(14)17)10-19-13-3-1-2-11(8-13)6-7-18/h1-5,8-9H,6-7,10,18H2. The number of hydrogen-bond acceptors (Lipinski definition) is 2. The normalized spacial score (nSPS) is 10.5. The van der Waals surface area contributed by atoms with Gasteiger partial charge in [-0.3, -0.25) is 0 Å². The van der Waals surface area contributed by atoms with Crippen molar-refractivity contribution in [1.29, 1.82) is 0 Å². The first-order valence-corrected chi connectivity index (χ1v) is 6.42. The number of hydrogen-bond donors (Lipinski definition) is 1. The van der Waals surface area contributed by atoms with Gasteiger partial charge >= 0.3 is 0 Å². The molecule has 0 amide bonds. The molecule has 2 N–H and O–H groups in total. The van der Waals surface area contributed by atoms with Crippen molar-refractivity contribution in [2.24, 2.45) is 5.73 Å². The van der Waals surface area contributed by atoms with Gasteiger partial charge in [-0.25, -0.2) is 4.39 Å². The molecule has 0 spiro atoms. The van der Waals surface area contributed by atoms with Crippen LogP contribution >= 0.6 is 11.6 Å². The zero-order valence-electron chi connectivity index (χ0n) is 10.4. The minimum Gasteiger partial charge on any atom is -0.489 e. The number of benzene rings is 2. The summed E-state index contributed by atoms with van der Waals surface area (Å²) in [5.41, 5.74) is 7.38. The molecule has 0 atom stereocenters. The topological polar surface area (TPSA) is 35.2 Å². The molecule has 0 aromatic heterocycles. The molecule has 2 aromatic rings. The lowest BCUT2D eigenvalue weighted by atomic mass is 10.1. The minimum absolute atomic E-state index is 0.119. The molecular weight excluding hydrogens is 265 g/mol. The summed E-state index contributed by atoms with van der Waals surface area (Å²) in [6, 6.07) is 12.4. The Labute approximate surface area is 117 Å². The Balaban J connectivity index is 2.01.